The molecule has 0 radical (unpaired) electrons. The third kappa shape index (κ3) is 7.94. The van der Waals surface area contributed by atoms with Crippen molar-refractivity contribution in [3.63, 3.8) is 0 Å². The zero-order valence-electron chi connectivity index (χ0n) is 19.2. The molecule has 0 saturated heterocycles. The fourth-order valence-electron chi connectivity index (χ4n) is 3.44. The molecule has 0 aliphatic rings. The summed E-state index contributed by atoms with van der Waals surface area (Å²) in [5, 5.41) is 2.91. The van der Waals surface area contributed by atoms with Crippen LogP contribution in [0.4, 0.5) is 0 Å². The van der Waals surface area contributed by atoms with Crippen LogP contribution < -0.4 is 10.1 Å². The molecule has 168 valence electrons. The Labute approximate surface area is 190 Å². The van der Waals surface area contributed by atoms with Gasteiger partial charge in [-0.15, -0.1) is 11.8 Å². The Morgan fingerprint density at radius 1 is 1.10 bits per heavy atom. The zero-order chi connectivity index (χ0) is 22.8. The Hall–Kier alpha value is -2.47. The molecule has 2 amide bonds. The second-order valence-corrected chi connectivity index (χ2v) is 8.81. The summed E-state index contributed by atoms with van der Waals surface area (Å²) >= 11 is 1.58. The summed E-state index contributed by atoms with van der Waals surface area (Å²) in [5.74, 6) is 1.64. The minimum atomic E-state index is -0.549. The molecule has 0 heterocycles. The molecular weight excluding hydrogens is 408 g/mol. The van der Waals surface area contributed by atoms with Gasteiger partial charge in [0.1, 0.15) is 11.8 Å². The smallest absolute Gasteiger partial charge is 0.242 e. The van der Waals surface area contributed by atoms with Gasteiger partial charge in [-0.05, 0) is 50.5 Å². The van der Waals surface area contributed by atoms with Crippen LogP contribution in [0.1, 0.15) is 42.5 Å². The van der Waals surface area contributed by atoms with Crippen molar-refractivity contribution in [3.8, 4) is 5.75 Å². The molecule has 0 fully saturated rings. The first-order valence-electron chi connectivity index (χ1n) is 10.7. The Bertz CT molecular complexity index is 865. The Kier molecular flexibility index (Phi) is 9.92. The van der Waals surface area contributed by atoms with Crippen LogP contribution in [0, 0.1) is 13.8 Å². The van der Waals surface area contributed by atoms with Crippen LogP contribution in [-0.4, -0.2) is 42.2 Å². The van der Waals surface area contributed by atoms with E-state index in [0.717, 1.165) is 23.5 Å². The number of ether oxygens (including phenoxy) is 1. The summed E-state index contributed by atoms with van der Waals surface area (Å²) in [5.41, 5.74) is 4.59. The third-order valence-corrected chi connectivity index (χ3v) is 5.97. The van der Waals surface area contributed by atoms with Crippen molar-refractivity contribution >= 4 is 23.6 Å². The average Bonchev–Trinajstić information content (AvgIpc) is 2.74. The molecular formula is C25H34N2O3S. The lowest BCUT2D eigenvalue weighted by Gasteiger charge is -2.29. The van der Waals surface area contributed by atoms with Crippen molar-refractivity contribution in [1.29, 1.82) is 0 Å². The molecule has 0 spiro atoms. The number of benzene rings is 2. The summed E-state index contributed by atoms with van der Waals surface area (Å²) in [6.07, 6.45) is 0.855. The van der Waals surface area contributed by atoms with Gasteiger partial charge in [0, 0.05) is 18.8 Å². The van der Waals surface area contributed by atoms with Crippen LogP contribution >= 0.6 is 11.8 Å². The number of methoxy groups -OCH3 is 1. The molecule has 0 bridgehead atoms. The Morgan fingerprint density at radius 2 is 1.81 bits per heavy atom. The van der Waals surface area contributed by atoms with Crippen molar-refractivity contribution in [3.05, 3.63) is 64.7 Å². The van der Waals surface area contributed by atoms with Crippen molar-refractivity contribution in [2.24, 2.45) is 0 Å². The summed E-state index contributed by atoms with van der Waals surface area (Å²) < 4.78 is 5.30. The van der Waals surface area contributed by atoms with E-state index in [0.29, 0.717) is 18.8 Å². The highest BCUT2D eigenvalue weighted by Gasteiger charge is 2.26. The standard InChI is InChI=1S/C25H34N2O3S/c1-6-10-26-25(29)20(4)27(15-21-8-7-9-23(14-21)30-5)24(28)17-31-16-22-12-18(2)11-19(3)13-22/h7-9,11-14,20H,6,10,15-17H2,1-5H3,(H,26,29)/t20-/m1/s1. The van der Waals surface area contributed by atoms with E-state index in [1.807, 2.05) is 31.2 Å². The number of carbonyl (C=O) groups is 2. The first kappa shape index (κ1) is 24.8. The number of rotatable bonds is 11. The highest BCUT2D eigenvalue weighted by molar-refractivity contribution is 7.99. The monoisotopic (exact) mass is 442 g/mol. The lowest BCUT2D eigenvalue weighted by molar-refractivity contribution is -0.138. The van der Waals surface area contributed by atoms with Gasteiger partial charge in [0.15, 0.2) is 0 Å². The lowest BCUT2D eigenvalue weighted by atomic mass is 10.1. The van der Waals surface area contributed by atoms with Gasteiger partial charge in [-0.25, -0.2) is 0 Å². The first-order chi connectivity index (χ1) is 14.8. The topological polar surface area (TPSA) is 58.6 Å². The number of carbonyl (C=O) groups excluding carboxylic acids is 2. The predicted molar refractivity (Wildman–Crippen MR) is 128 cm³/mol. The molecule has 0 unspecified atom stereocenters. The van der Waals surface area contributed by atoms with Crippen LogP contribution in [0.25, 0.3) is 0 Å². The van der Waals surface area contributed by atoms with E-state index < -0.39 is 6.04 Å². The van der Waals surface area contributed by atoms with E-state index in [1.54, 1.807) is 30.7 Å². The first-order valence-corrected chi connectivity index (χ1v) is 11.8. The summed E-state index contributed by atoms with van der Waals surface area (Å²) in [6, 6.07) is 13.5. The maximum absolute atomic E-state index is 13.1. The minimum absolute atomic E-state index is 0.0451. The maximum Gasteiger partial charge on any atom is 0.242 e. The maximum atomic E-state index is 13.1. The SMILES string of the molecule is CCCNC(=O)[C@@H](C)N(Cc1cccc(OC)c1)C(=O)CSCc1cc(C)cc(C)c1. The number of nitrogens with one attached hydrogen (secondary N) is 1. The van der Waals surface area contributed by atoms with Gasteiger partial charge < -0.3 is 15.0 Å². The second-order valence-electron chi connectivity index (χ2n) is 7.83. The van der Waals surface area contributed by atoms with Crippen LogP contribution in [-0.2, 0) is 21.9 Å². The van der Waals surface area contributed by atoms with Crippen LogP contribution in [0.15, 0.2) is 42.5 Å². The van der Waals surface area contributed by atoms with Gasteiger partial charge in [0.05, 0.1) is 12.9 Å². The summed E-state index contributed by atoms with van der Waals surface area (Å²) in [7, 11) is 1.62. The summed E-state index contributed by atoms with van der Waals surface area (Å²) in [6.45, 7) is 8.93. The van der Waals surface area contributed by atoms with E-state index in [9.17, 15) is 9.59 Å². The number of hydrogen-bond acceptors (Lipinski definition) is 4. The van der Waals surface area contributed by atoms with Crippen molar-refractivity contribution in [2.75, 3.05) is 19.4 Å². The molecule has 0 aromatic heterocycles. The predicted octanol–water partition coefficient (Wildman–Crippen LogP) is 4.49. The minimum Gasteiger partial charge on any atom is -0.497 e. The number of hydrogen-bond donors (Lipinski definition) is 1. The number of aryl methyl sites for hydroxylation is 2. The van der Waals surface area contributed by atoms with Gasteiger partial charge in [-0.3, -0.25) is 9.59 Å². The van der Waals surface area contributed by atoms with Gasteiger partial charge in [0.2, 0.25) is 11.8 Å². The highest BCUT2D eigenvalue weighted by Crippen LogP contribution is 2.19. The third-order valence-electron chi connectivity index (χ3n) is 4.98. The molecule has 0 saturated carbocycles. The number of amides is 2. The second kappa shape index (κ2) is 12.4. The quantitative estimate of drug-likeness (QED) is 0.557. The largest absolute Gasteiger partial charge is 0.497 e. The van der Waals surface area contributed by atoms with Crippen LogP contribution in [0.3, 0.4) is 0 Å². The van der Waals surface area contributed by atoms with Crippen molar-refractivity contribution in [1.82, 2.24) is 10.2 Å². The molecule has 0 aliphatic heterocycles. The van der Waals surface area contributed by atoms with E-state index in [2.05, 4.69) is 37.4 Å². The van der Waals surface area contributed by atoms with E-state index in [-0.39, 0.29) is 11.8 Å². The zero-order valence-corrected chi connectivity index (χ0v) is 20.1. The fourth-order valence-corrected chi connectivity index (χ4v) is 4.28. The number of thioether (sulfide) groups is 1. The normalized spacial score (nSPS) is 11.6. The molecule has 2 aromatic rings. The fraction of sp³-hybridized carbons (Fsp3) is 0.440. The van der Waals surface area contributed by atoms with E-state index >= 15 is 0 Å². The Morgan fingerprint density at radius 3 is 2.45 bits per heavy atom. The Balaban J connectivity index is 2.09. The van der Waals surface area contributed by atoms with Gasteiger partial charge in [0.25, 0.3) is 0 Å². The molecule has 2 aromatic carbocycles. The van der Waals surface area contributed by atoms with Crippen molar-refractivity contribution < 1.29 is 14.3 Å². The van der Waals surface area contributed by atoms with Gasteiger partial charge in [-0.1, -0.05) is 48.4 Å². The highest BCUT2D eigenvalue weighted by atomic mass is 32.2. The molecule has 1 N–H and O–H groups in total. The summed E-state index contributed by atoms with van der Waals surface area (Å²) in [4.78, 5) is 27.4. The van der Waals surface area contributed by atoms with Crippen LogP contribution in [0.5, 0.6) is 5.75 Å². The average molecular weight is 443 g/mol. The van der Waals surface area contributed by atoms with E-state index in [4.69, 9.17) is 4.74 Å². The van der Waals surface area contributed by atoms with Gasteiger partial charge >= 0.3 is 0 Å². The molecule has 31 heavy (non-hydrogen) atoms. The molecule has 2 rings (SSSR count). The molecule has 1 atom stereocenters. The molecule has 6 heteroatoms. The lowest BCUT2D eigenvalue weighted by Crippen LogP contribution is -2.48. The number of nitrogens with zero attached hydrogens (tertiary/aromatic N) is 1. The molecule has 5 nitrogen and oxygen atoms in total. The van der Waals surface area contributed by atoms with Crippen molar-refractivity contribution in [2.45, 2.75) is 52.5 Å². The van der Waals surface area contributed by atoms with Gasteiger partial charge in [-0.2, -0.15) is 0 Å². The van der Waals surface area contributed by atoms with E-state index in [1.165, 1.54) is 16.7 Å². The van der Waals surface area contributed by atoms with Crippen LogP contribution in [0.2, 0.25) is 0 Å². The molecule has 0 aliphatic carbocycles.